The minimum Gasteiger partial charge on any atom is -0.379 e. The molecule has 1 aliphatic rings. The number of rotatable bonds is 6. The Kier molecular flexibility index (Phi) is 5.37. The van der Waals surface area contributed by atoms with Gasteiger partial charge in [0.05, 0.1) is 5.60 Å². The summed E-state index contributed by atoms with van der Waals surface area (Å²) < 4.78 is 5.39. The average molecular weight is 234 g/mol. The molecule has 0 amide bonds. The molecule has 1 rings (SSSR count). The van der Waals surface area contributed by atoms with Gasteiger partial charge in [0, 0.05) is 19.0 Å². The van der Waals surface area contributed by atoms with Crippen LogP contribution in [0.15, 0.2) is 0 Å². The van der Waals surface area contributed by atoms with Crippen LogP contribution in [0.25, 0.3) is 0 Å². The lowest BCUT2D eigenvalue weighted by Gasteiger charge is -2.25. The predicted octanol–water partition coefficient (Wildman–Crippen LogP) is 2.80. The van der Waals surface area contributed by atoms with E-state index in [2.05, 4.69) is 19.2 Å². The first-order valence-corrected chi connectivity index (χ1v) is 6.47. The van der Waals surface area contributed by atoms with Crippen molar-refractivity contribution in [1.29, 1.82) is 0 Å². The summed E-state index contributed by atoms with van der Waals surface area (Å²) in [6.45, 7) is 5.28. The second kappa shape index (κ2) is 6.07. The second-order valence-corrected chi connectivity index (χ2v) is 5.43. The van der Waals surface area contributed by atoms with Gasteiger partial charge in [-0.15, -0.1) is 11.6 Å². The lowest BCUT2D eigenvalue weighted by Crippen LogP contribution is -2.37. The smallest absolute Gasteiger partial charge is 0.0634 e. The van der Waals surface area contributed by atoms with Gasteiger partial charge >= 0.3 is 0 Å². The minimum atomic E-state index is -0.0118. The number of ether oxygens (including phenoxy) is 1. The molecule has 1 N–H and O–H groups in total. The second-order valence-electron chi connectivity index (χ2n) is 5.12. The van der Waals surface area contributed by atoms with Crippen LogP contribution in [0.2, 0.25) is 0 Å². The van der Waals surface area contributed by atoms with Gasteiger partial charge < -0.3 is 10.1 Å². The lowest BCUT2D eigenvalue weighted by atomic mass is 10.0. The van der Waals surface area contributed by atoms with Crippen molar-refractivity contribution in [3.05, 3.63) is 0 Å². The molecule has 15 heavy (non-hydrogen) atoms. The standard InChI is InChI=1S/C12H24ClNO/c1-12(2,15-3)7-8-14-11-6-4-5-10(11)9-13/h10-11,14H,4-9H2,1-3H3. The molecule has 2 nitrogen and oxygen atoms in total. The molecule has 1 aliphatic carbocycles. The summed E-state index contributed by atoms with van der Waals surface area (Å²) in [7, 11) is 1.77. The van der Waals surface area contributed by atoms with Crippen molar-refractivity contribution in [3.63, 3.8) is 0 Å². The Hall–Kier alpha value is 0.210. The predicted molar refractivity (Wildman–Crippen MR) is 65.6 cm³/mol. The van der Waals surface area contributed by atoms with Crippen LogP contribution in [0.5, 0.6) is 0 Å². The first-order chi connectivity index (χ1) is 7.09. The maximum absolute atomic E-state index is 5.93. The highest BCUT2D eigenvalue weighted by Crippen LogP contribution is 2.26. The molecule has 2 atom stereocenters. The van der Waals surface area contributed by atoms with Gasteiger partial charge in [0.2, 0.25) is 0 Å². The van der Waals surface area contributed by atoms with E-state index in [0.29, 0.717) is 12.0 Å². The van der Waals surface area contributed by atoms with Crippen LogP contribution in [0.3, 0.4) is 0 Å². The van der Waals surface area contributed by atoms with Crippen LogP contribution < -0.4 is 5.32 Å². The zero-order valence-electron chi connectivity index (χ0n) is 10.2. The molecule has 1 fully saturated rings. The fourth-order valence-corrected chi connectivity index (χ4v) is 2.52. The van der Waals surface area contributed by atoms with Gasteiger partial charge in [-0.1, -0.05) is 6.42 Å². The summed E-state index contributed by atoms with van der Waals surface area (Å²) in [4.78, 5) is 0. The van der Waals surface area contributed by atoms with E-state index in [1.54, 1.807) is 7.11 Å². The molecule has 90 valence electrons. The molecular weight excluding hydrogens is 210 g/mol. The molecule has 0 aromatic heterocycles. The molecular formula is C12H24ClNO. The zero-order valence-corrected chi connectivity index (χ0v) is 10.9. The summed E-state index contributed by atoms with van der Waals surface area (Å²) in [6, 6.07) is 0.634. The first kappa shape index (κ1) is 13.3. The summed E-state index contributed by atoms with van der Waals surface area (Å²) >= 11 is 5.93. The SMILES string of the molecule is COC(C)(C)CCNC1CCCC1CCl. The highest BCUT2D eigenvalue weighted by atomic mass is 35.5. The molecule has 3 heteroatoms. The fraction of sp³-hybridized carbons (Fsp3) is 1.00. The van der Waals surface area contributed by atoms with E-state index in [1.807, 2.05) is 0 Å². The third kappa shape index (κ3) is 4.29. The highest BCUT2D eigenvalue weighted by Gasteiger charge is 2.26. The van der Waals surface area contributed by atoms with Gasteiger partial charge in [-0.05, 0) is 45.6 Å². The van der Waals surface area contributed by atoms with Gasteiger partial charge in [-0.25, -0.2) is 0 Å². The van der Waals surface area contributed by atoms with Crippen molar-refractivity contribution in [1.82, 2.24) is 5.32 Å². The van der Waals surface area contributed by atoms with E-state index in [0.717, 1.165) is 18.8 Å². The van der Waals surface area contributed by atoms with Crippen LogP contribution in [0.4, 0.5) is 0 Å². The Morgan fingerprint density at radius 1 is 1.40 bits per heavy atom. The van der Waals surface area contributed by atoms with Crippen molar-refractivity contribution >= 4 is 11.6 Å². The summed E-state index contributed by atoms with van der Waals surface area (Å²) in [5, 5.41) is 3.61. The maximum atomic E-state index is 5.93. The van der Waals surface area contributed by atoms with Crippen LogP contribution in [-0.2, 0) is 4.74 Å². The van der Waals surface area contributed by atoms with Gasteiger partial charge in [0.15, 0.2) is 0 Å². The highest BCUT2D eigenvalue weighted by molar-refractivity contribution is 6.18. The molecule has 0 bridgehead atoms. The number of halogens is 1. The van der Waals surface area contributed by atoms with Gasteiger partial charge in [0.1, 0.15) is 0 Å². The fourth-order valence-electron chi connectivity index (χ4n) is 2.15. The number of methoxy groups -OCH3 is 1. The van der Waals surface area contributed by atoms with E-state index >= 15 is 0 Å². The Morgan fingerprint density at radius 3 is 2.73 bits per heavy atom. The van der Waals surface area contributed by atoms with Gasteiger partial charge in [-0.3, -0.25) is 0 Å². The lowest BCUT2D eigenvalue weighted by molar-refractivity contribution is 0.0151. The number of nitrogens with one attached hydrogen (secondary N) is 1. The van der Waals surface area contributed by atoms with E-state index < -0.39 is 0 Å². The van der Waals surface area contributed by atoms with Crippen LogP contribution in [0, 0.1) is 5.92 Å². The van der Waals surface area contributed by atoms with Gasteiger partial charge in [0.25, 0.3) is 0 Å². The van der Waals surface area contributed by atoms with E-state index in [1.165, 1.54) is 19.3 Å². The zero-order chi connectivity index (χ0) is 11.3. The molecule has 0 saturated heterocycles. The van der Waals surface area contributed by atoms with Crippen molar-refractivity contribution in [2.75, 3.05) is 19.5 Å². The van der Waals surface area contributed by atoms with Crippen molar-refractivity contribution in [2.24, 2.45) is 5.92 Å². The molecule has 0 aromatic rings. The van der Waals surface area contributed by atoms with Crippen molar-refractivity contribution < 1.29 is 4.74 Å². The minimum absolute atomic E-state index is 0.0118. The van der Waals surface area contributed by atoms with Crippen LogP contribution in [-0.4, -0.2) is 31.2 Å². The van der Waals surface area contributed by atoms with E-state index in [4.69, 9.17) is 16.3 Å². The number of hydrogen-bond acceptors (Lipinski definition) is 2. The molecule has 2 unspecified atom stereocenters. The Balaban J connectivity index is 2.19. The third-order valence-corrected chi connectivity index (χ3v) is 3.94. The number of alkyl halides is 1. The molecule has 0 aliphatic heterocycles. The Bertz CT molecular complexity index is 184. The van der Waals surface area contributed by atoms with Crippen LogP contribution >= 0.6 is 11.6 Å². The normalized spacial score (nSPS) is 27.2. The topological polar surface area (TPSA) is 21.3 Å². The summed E-state index contributed by atoms with van der Waals surface area (Å²) in [5.74, 6) is 1.48. The third-order valence-electron chi connectivity index (χ3n) is 3.54. The quantitative estimate of drug-likeness (QED) is 0.713. The largest absolute Gasteiger partial charge is 0.379 e. The Labute approximate surface area is 98.7 Å². The monoisotopic (exact) mass is 233 g/mol. The van der Waals surface area contributed by atoms with Crippen molar-refractivity contribution in [3.8, 4) is 0 Å². The van der Waals surface area contributed by atoms with E-state index in [-0.39, 0.29) is 5.60 Å². The summed E-state index contributed by atoms with van der Waals surface area (Å²) in [6.07, 6.45) is 4.94. The van der Waals surface area contributed by atoms with Gasteiger partial charge in [-0.2, -0.15) is 0 Å². The number of hydrogen-bond donors (Lipinski definition) is 1. The first-order valence-electron chi connectivity index (χ1n) is 5.93. The maximum Gasteiger partial charge on any atom is 0.0634 e. The molecule has 0 radical (unpaired) electrons. The van der Waals surface area contributed by atoms with E-state index in [9.17, 15) is 0 Å². The molecule has 1 saturated carbocycles. The Morgan fingerprint density at radius 2 is 2.13 bits per heavy atom. The average Bonchev–Trinajstić information content (AvgIpc) is 2.65. The summed E-state index contributed by atoms with van der Waals surface area (Å²) in [5.41, 5.74) is -0.0118. The van der Waals surface area contributed by atoms with Crippen LogP contribution in [0.1, 0.15) is 39.5 Å². The molecule has 0 aromatic carbocycles. The molecule has 0 spiro atoms. The molecule has 0 heterocycles. The van der Waals surface area contributed by atoms with Crippen molar-refractivity contribution in [2.45, 2.75) is 51.2 Å².